The zero-order valence-corrected chi connectivity index (χ0v) is 13.5. The molecule has 0 aliphatic rings. The lowest BCUT2D eigenvalue weighted by Gasteiger charge is -2.12. The monoisotopic (exact) mass is 345 g/mol. The molecule has 0 aliphatic carbocycles. The fourth-order valence-corrected chi connectivity index (χ4v) is 3.89. The molecule has 0 bridgehead atoms. The maximum Gasteiger partial charge on any atom is 0.134 e. The fraction of sp³-hybridized carbons (Fsp3) is 0.143. The summed E-state index contributed by atoms with van der Waals surface area (Å²) >= 11 is 19.6. The Morgan fingerprint density at radius 3 is 2.60 bits per heavy atom. The third-order valence-corrected chi connectivity index (χ3v) is 4.82. The topological polar surface area (TPSA) is 25.2 Å². The fourth-order valence-electron chi connectivity index (χ4n) is 2.18. The van der Waals surface area contributed by atoms with Crippen molar-refractivity contribution in [1.82, 2.24) is 5.32 Å². The zero-order valence-electron chi connectivity index (χ0n) is 10.4. The van der Waals surface area contributed by atoms with Crippen LogP contribution >= 0.6 is 46.1 Å². The summed E-state index contributed by atoms with van der Waals surface area (Å²) in [5, 5.41) is 4.85. The van der Waals surface area contributed by atoms with Crippen molar-refractivity contribution >= 4 is 57.1 Å². The second kappa shape index (κ2) is 5.58. The van der Waals surface area contributed by atoms with Crippen molar-refractivity contribution in [1.29, 1.82) is 0 Å². The number of thiophene rings is 1. The van der Waals surface area contributed by atoms with E-state index in [9.17, 15) is 0 Å². The predicted octanol–water partition coefficient (Wildman–Crippen LogP) is 5.76. The van der Waals surface area contributed by atoms with Crippen molar-refractivity contribution in [2.45, 2.75) is 6.04 Å². The van der Waals surface area contributed by atoms with Gasteiger partial charge in [-0.1, -0.05) is 34.8 Å². The molecule has 0 radical (unpaired) electrons. The summed E-state index contributed by atoms with van der Waals surface area (Å²) in [6.07, 6.45) is 0. The molecule has 1 aromatic carbocycles. The molecule has 20 heavy (non-hydrogen) atoms. The molecular weight excluding hydrogens is 337 g/mol. The summed E-state index contributed by atoms with van der Waals surface area (Å²) in [5.41, 5.74) is 1.71. The number of fused-ring (bicyclic) bond motifs is 1. The van der Waals surface area contributed by atoms with Crippen LogP contribution in [-0.2, 0) is 0 Å². The van der Waals surface area contributed by atoms with E-state index in [0.29, 0.717) is 13.7 Å². The first-order valence-corrected chi connectivity index (χ1v) is 7.84. The quantitative estimate of drug-likeness (QED) is 0.652. The summed E-state index contributed by atoms with van der Waals surface area (Å²) in [4.78, 5) is 0. The number of hydrogen-bond acceptors (Lipinski definition) is 3. The van der Waals surface area contributed by atoms with E-state index in [-0.39, 0.29) is 6.04 Å². The second-order valence-electron chi connectivity index (χ2n) is 4.33. The molecule has 2 aromatic heterocycles. The van der Waals surface area contributed by atoms with E-state index in [1.54, 1.807) is 6.07 Å². The molecule has 1 N–H and O–H groups in total. The van der Waals surface area contributed by atoms with Crippen LogP contribution in [0.25, 0.3) is 11.0 Å². The summed E-state index contributed by atoms with van der Waals surface area (Å²) in [5.74, 6) is 0.779. The Morgan fingerprint density at radius 1 is 1.15 bits per heavy atom. The second-order valence-corrected chi connectivity index (χ2v) is 7.05. The van der Waals surface area contributed by atoms with Crippen molar-refractivity contribution in [2.75, 3.05) is 7.05 Å². The average molecular weight is 347 g/mol. The Labute approximate surface area is 135 Å². The van der Waals surface area contributed by atoms with E-state index in [1.807, 2.05) is 31.3 Å². The Bertz CT molecular complexity index is 765. The number of rotatable bonds is 3. The van der Waals surface area contributed by atoms with Crippen LogP contribution in [0.3, 0.4) is 0 Å². The maximum atomic E-state index is 6.22. The standard InChI is InChI=1S/C14H10Cl3NOS/c1-18-13(9-6-12(16)20-14(9)17)11-5-7-4-8(15)2-3-10(7)19-11/h2-6,13,18H,1H3. The van der Waals surface area contributed by atoms with E-state index in [1.165, 1.54) is 11.3 Å². The van der Waals surface area contributed by atoms with Crippen LogP contribution in [0.1, 0.15) is 17.4 Å². The number of hydrogen-bond donors (Lipinski definition) is 1. The van der Waals surface area contributed by atoms with Crippen LogP contribution in [0, 0.1) is 0 Å². The molecule has 0 spiro atoms. The van der Waals surface area contributed by atoms with E-state index < -0.39 is 0 Å². The first-order chi connectivity index (χ1) is 9.58. The highest BCUT2D eigenvalue weighted by Gasteiger charge is 2.21. The predicted molar refractivity (Wildman–Crippen MR) is 86.5 cm³/mol. The van der Waals surface area contributed by atoms with Crippen LogP contribution in [0.5, 0.6) is 0 Å². The number of benzene rings is 1. The maximum absolute atomic E-state index is 6.22. The van der Waals surface area contributed by atoms with Gasteiger partial charge in [-0.2, -0.15) is 0 Å². The minimum atomic E-state index is -0.141. The molecule has 3 aromatic rings. The van der Waals surface area contributed by atoms with Crippen LogP contribution in [0.4, 0.5) is 0 Å². The van der Waals surface area contributed by atoms with E-state index in [4.69, 9.17) is 39.2 Å². The molecule has 104 valence electrons. The van der Waals surface area contributed by atoms with Crippen LogP contribution in [0.15, 0.2) is 34.7 Å². The normalized spacial score (nSPS) is 13.0. The van der Waals surface area contributed by atoms with Crippen LogP contribution in [-0.4, -0.2) is 7.05 Å². The van der Waals surface area contributed by atoms with Gasteiger partial charge in [-0.05, 0) is 37.4 Å². The van der Waals surface area contributed by atoms with Gasteiger partial charge >= 0.3 is 0 Å². The third kappa shape index (κ3) is 2.57. The molecular formula is C14H10Cl3NOS. The molecule has 6 heteroatoms. The molecule has 3 rings (SSSR count). The van der Waals surface area contributed by atoms with E-state index in [0.717, 1.165) is 22.3 Å². The van der Waals surface area contributed by atoms with Gasteiger partial charge in [0.15, 0.2) is 0 Å². The summed E-state index contributed by atoms with van der Waals surface area (Å²) in [6, 6.07) is 9.21. The highest BCUT2D eigenvalue weighted by atomic mass is 35.5. The van der Waals surface area contributed by atoms with Gasteiger partial charge in [-0.25, -0.2) is 0 Å². The van der Waals surface area contributed by atoms with Crippen LogP contribution in [0.2, 0.25) is 13.7 Å². The third-order valence-electron chi connectivity index (χ3n) is 3.06. The molecule has 1 unspecified atom stereocenters. The van der Waals surface area contributed by atoms with Gasteiger partial charge in [-0.3, -0.25) is 0 Å². The SMILES string of the molecule is CNC(c1cc2cc(Cl)ccc2o1)c1cc(Cl)sc1Cl. The summed E-state index contributed by atoms with van der Waals surface area (Å²) < 4.78 is 7.19. The van der Waals surface area contributed by atoms with Crippen molar-refractivity contribution in [3.63, 3.8) is 0 Å². The summed E-state index contributed by atoms with van der Waals surface area (Å²) in [7, 11) is 1.85. The molecule has 1 atom stereocenters. The molecule has 0 aliphatic heterocycles. The minimum absolute atomic E-state index is 0.141. The number of nitrogens with one attached hydrogen (secondary N) is 1. The minimum Gasteiger partial charge on any atom is -0.459 e. The molecule has 0 fully saturated rings. The molecule has 0 amide bonds. The van der Waals surface area contributed by atoms with Crippen molar-refractivity contribution in [2.24, 2.45) is 0 Å². The Balaban J connectivity index is 2.09. The first kappa shape index (κ1) is 14.2. The van der Waals surface area contributed by atoms with Gasteiger partial charge in [-0.15, -0.1) is 11.3 Å². The number of halogens is 3. The van der Waals surface area contributed by atoms with Crippen molar-refractivity contribution in [3.8, 4) is 0 Å². The van der Waals surface area contributed by atoms with Gasteiger partial charge in [0.25, 0.3) is 0 Å². The largest absolute Gasteiger partial charge is 0.459 e. The van der Waals surface area contributed by atoms with Crippen LogP contribution < -0.4 is 5.32 Å². The molecule has 0 saturated heterocycles. The van der Waals surface area contributed by atoms with E-state index >= 15 is 0 Å². The highest BCUT2D eigenvalue weighted by Crippen LogP contribution is 2.38. The number of furan rings is 1. The lowest BCUT2D eigenvalue weighted by molar-refractivity contribution is 0.492. The summed E-state index contributed by atoms with van der Waals surface area (Å²) in [6.45, 7) is 0. The van der Waals surface area contributed by atoms with Gasteiger partial charge in [0, 0.05) is 16.0 Å². The van der Waals surface area contributed by atoms with Gasteiger partial charge in [0.05, 0.1) is 14.7 Å². The van der Waals surface area contributed by atoms with E-state index in [2.05, 4.69) is 5.32 Å². The Kier molecular flexibility index (Phi) is 3.98. The van der Waals surface area contributed by atoms with Gasteiger partial charge < -0.3 is 9.73 Å². The molecule has 0 saturated carbocycles. The highest BCUT2D eigenvalue weighted by molar-refractivity contribution is 7.20. The van der Waals surface area contributed by atoms with Crippen molar-refractivity contribution < 1.29 is 4.42 Å². The smallest absolute Gasteiger partial charge is 0.134 e. The zero-order chi connectivity index (χ0) is 14.3. The first-order valence-electron chi connectivity index (χ1n) is 5.89. The lowest BCUT2D eigenvalue weighted by atomic mass is 10.1. The average Bonchev–Trinajstić information content (AvgIpc) is 2.94. The molecule has 2 nitrogen and oxygen atoms in total. The Morgan fingerprint density at radius 2 is 1.95 bits per heavy atom. The van der Waals surface area contributed by atoms with Gasteiger partial charge in [0.2, 0.25) is 0 Å². The van der Waals surface area contributed by atoms with Crippen molar-refractivity contribution in [3.05, 3.63) is 55.4 Å². The Hall–Kier alpha value is -0.710. The molecule has 2 heterocycles. The van der Waals surface area contributed by atoms with Gasteiger partial charge in [0.1, 0.15) is 11.3 Å². The lowest BCUT2D eigenvalue weighted by Crippen LogP contribution is -2.16.